The summed E-state index contributed by atoms with van der Waals surface area (Å²) in [6.07, 6.45) is 4.44. The number of nitrogens with one attached hydrogen (secondary N) is 2. The van der Waals surface area contributed by atoms with Crippen molar-refractivity contribution in [2.45, 2.75) is 20.0 Å². The minimum Gasteiger partial charge on any atom is -0.378 e. The van der Waals surface area contributed by atoms with Gasteiger partial charge in [-0.15, -0.1) is 0 Å². The molecule has 19 heavy (non-hydrogen) atoms. The first-order valence-corrected chi connectivity index (χ1v) is 6.84. The van der Waals surface area contributed by atoms with E-state index in [1.165, 1.54) is 0 Å². The van der Waals surface area contributed by atoms with E-state index in [9.17, 15) is 0 Å². The Balaban J connectivity index is 2.41. The van der Waals surface area contributed by atoms with Crippen LogP contribution in [-0.4, -0.2) is 33.6 Å². The minimum atomic E-state index is 0.414. The van der Waals surface area contributed by atoms with Crippen LogP contribution in [-0.2, 0) is 11.3 Å². The normalized spacial score (nSPS) is 10.7. The van der Waals surface area contributed by atoms with Crippen molar-refractivity contribution in [3.63, 3.8) is 0 Å². The largest absolute Gasteiger partial charge is 0.378 e. The Kier molecular flexibility index (Phi) is 4.86. The zero-order valence-electron chi connectivity index (χ0n) is 10.9. The highest BCUT2D eigenvalue weighted by Crippen LogP contribution is 2.26. The van der Waals surface area contributed by atoms with Crippen LogP contribution in [0.5, 0.6) is 0 Å². The molecule has 0 unspecified atom stereocenters. The molecule has 0 aliphatic heterocycles. The van der Waals surface area contributed by atoms with Gasteiger partial charge >= 0.3 is 0 Å². The maximum absolute atomic E-state index is 5.16. The molecule has 2 N–H and O–H groups in total. The molecule has 0 saturated heterocycles. The third-order valence-corrected chi connectivity index (χ3v) is 3.29. The highest BCUT2D eigenvalue weighted by molar-refractivity contribution is 9.10. The zero-order chi connectivity index (χ0) is 13.7. The summed E-state index contributed by atoms with van der Waals surface area (Å²) in [6, 6.07) is 0. The lowest BCUT2D eigenvalue weighted by molar-refractivity contribution is 0.181. The molecule has 2 aromatic heterocycles. The summed E-state index contributed by atoms with van der Waals surface area (Å²) in [5, 5.41) is 3.27. The predicted molar refractivity (Wildman–Crippen MR) is 76.8 cm³/mol. The van der Waals surface area contributed by atoms with Gasteiger partial charge in [-0.2, -0.15) is 0 Å². The van der Waals surface area contributed by atoms with Crippen molar-refractivity contribution in [3.8, 4) is 11.6 Å². The van der Waals surface area contributed by atoms with Gasteiger partial charge in [-0.3, -0.25) is 0 Å². The number of ether oxygens (including phenoxy) is 1. The summed E-state index contributed by atoms with van der Waals surface area (Å²) in [5.74, 6) is 1.96. The number of halogens is 1. The molecule has 0 aliphatic carbocycles. The monoisotopic (exact) mass is 325 g/mol. The first-order chi connectivity index (χ1) is 9.26. The Hall–Kier alpha value is -1.47. The van der Waals surface area contributed by atoms with Crippen LogP contribution < -0.4 is 5.32 Å². The van der Waals surface area contributed by atoms with Crippen LogP contribution in [0.25, 0.3) is 11.6 Å². The number of rotatable bonds is 6. The second-order valence-electron chi connectivity index (χ2n) is 3.95. The van der Waals surface area contributed by atoms with Crippen molar-refractivity contribution in [2.75, 3.05) is 19.0 Å². The minimum absolute atomic E-state index is 0.414. The molecule has 0 radical (unpaired) electrons. The fourth-order valence-corrected chi connectivity index (χ4v) is 2.01. The van der Waals surface area contributed by atoms with Crippen LogP contribution in [0.15, 0.2) is 16.9 Å². The number of aromatic amines is 1. The maximum atomic E-state index is 5.16. The average Bonchev–Trinajstić information content (AvgIpc) is 2.94. The molecule has 2 aromatic rings. The molecule has 0 spiro atoms. The molecule has 0 bridgehead atoms. The van der Waals surface area contributed by atoms with Gasteiger partial charge in [-0.25, -0.2) is 15.0 Å². The molecule has 102 valence electrons. The molecule has 0 aromatic carbocycles. The van der Waals surface area contributed by atoms with Crippen LogP contribution in [0.1, 0.15) is 19.0 Å². The number of hydrogen-bond donors (Lipinski definition) is 2. The lowest BCUT2D eigenvalue weighted by atomic mass is 10.3. The first kappa shape index (κ1) is 14.0. The summed E-state index contributed by atoms with van der Waals surface area (Å²) < 4.78 is 5.99. The predicted octanol–water partition coefficient (Wildman–Crippen LogP) is 2.60. The molecule has 7 heteroatoms. The molecule has 2 heterocycles. The van der Waals surface area contributed by atoms with Crippen LogP contribution >= 0.6 is 15.9 Å². The topological polar surface area (TPSA) is 75.7 Å². The molecule has 0 amide bonds. The van der Waals surface area contributed by atoms with Gasteiger partial charge < -0.3 is 15.0 Å². The molecular formula is C12H16BrN5O. The van der Waals surface area contributed by atoms with Crippen molar-refractivity contribution in [3.05, 3.63) is 22.6 Å². The van der Waals surface area contributed by atoms with E-state index in [0.29, 0.717) is 18.3 Å². The third kappa shape index (κ3) is 3.30. The summed E-state index contributed by atoms with van der Waals surface area (Å²) in [4.78, 5) is 16.1. The van der Waals surface area contributed by atoms with Crippen molar-refractivity contribution < 1.29 is 4.74 Å². The fraction of sp³-hybridized carbons (Fsp3) is 0.417. The van der Waals surface area contributed by atoms with Crippen LogP contribution in [0, 0.1) is 0 Å². The Morgan fingerprint density at radius 1 is 1.42 bits per heavy atom. The van der Waals surface area contributed by atoms with E-state index in [1.54, 1.807) is 19.5 Å². The Morgan fingerprint density at radius 2 is 2.26 bits per heavy atom. The Labute approximate surface area is 120 Å². The lowest BCUT2D eigenvalue weighted by Gasteiger charge is -2.11. The lowest BCUT2D eigenvalue weighted by Crippen LogP contribution is -2.08. The van der Waals surface area contributed by atoms with Gasteiger partial charge in [-0.05, 0) is 22.4 Å². The van der Waals surface area contributed by atoms with E-state index in [1.807, 2.05) is 0 Å². The van der Waals surface area contributed by atoms with Crippen molar-refractivity contribution in [1.29, 1.82) is 0 Å². The van der Waals surface area contributed by atoms with Gasteiger partial charge in [0.25, 0.3) is 0 Å². The van der Waals surface area contributed by atoms with Crippen LogP contribution in [0.4, 0.5) is 5.82 Å². The number of hydrogen-bond acceptors (Lipinski definition) is 5. The van der Waals surface area contributed by atoms with Gasteiger partial charge in [0.1, 0.15) is 5.82 Å². The molecular weight excluding hydrogens is 310 g/mol. The van der Waals surface area contributed by atoms with Crippen molar-refractivity contribution in [2.24, 2.45) is 0 Å². The van der Waals surface area contributed by atoms with E-state index in [0.717, 1.165) is 29.0 Å². The van der Waals surface area contributed by atoms with Crippen molar-refractivity contribution >= 4 is 21.7 Å². The Bertz CT molecular complexity index is 529. The summed E-state index contributed by atoms with van der Waals surface area (Å²) >= 11 is 3.51. The molecule has 6 nitrogen and oxygen atoms in total. The zero-order valence-corrected chi connectivity index (χ0v) is 12.5. The standard InChI is InChI=1S/C12H16BrN5O/c1-3-4-14-10-9(13)8(7-19-2)17-12(18-10)11-15-5-6-16-11/h5-6H,3-4,7H2,1-2H3,(H,15,16)(H,14,17,18). The number of imidazole rings is 1. The van der Waals surface area contributed by atoms with Gasteiger partial charge in [0.2, 0.25) is 0 Å². The number of anilines is 1. The third-order valence-electron chi connectivity index (χ3n) is 2.45. The number of H-pyrrole nitrogens is 1. The fourth-order valence-electron chi connectivity index (χ4n) is 1.58. The van der Waals surface area contributed by atoms with E-state index >= 15 is 0 Å². The van der Waals surface area contributed by atoms with E-state index in [-0.39, 0.29) is 0 Å². The Morgan fingerprint density at radius 3 is 2.89 bits per heavy atom. The van der Waals surface area contributed by atoms with Crippen LogP contribution in [0.2, 0.25) is 0 Å². The molecule has 2 rings (SSSR count). The number of aromatic nitrogens is 4. The number of nitrogens with zero attached hydrogens (tertiary/aromatic N) is 3. The van der Waals surface area contributed by atoms with E-state index < -0.39 is 0 Å². The van der Waals surface area contributed by atoms with Gasteiger partial charge in [0.05, 0.1) is 16.8 Å². The molecule has 0 aliphatic rings. The highest BCUT2D eigenvalue weighted by Gasteiger charge is 2.14. The molecule has 0 atom stereocenters. The summed E-state index contributed by atoms with van der Waals surface area (Å²) in [6.45, 7) is 3.36. The summed E-state index contributed by atoms with van der Waals surface area (Å²) in [7, 11) is 1.64. The van der Waals surface area contributed by atoms with Crippen molar-refractivity contribution in [1.82, 2.24) is 19.9 Å². The quantitative estimate of drug-likeness (QED) is 0.853. The van der Waals surface area contributed by atoms with E-state index in [4.69, 9.17) is 4.74 Å². The second kappa shape index (κ2) is 6.63. The van der Waals surface area contributed by atoms with E-state index in [2.05, 4.69) is 48.1 Å². The molecule has 0 saturated carbocycles. The maximum Gasteiger partial charge on any atom is 0.198 e. The van der Waals surface area contributed by atoms with Gasteiger partial charge in [-0.1, -0.05) is 6.92 Å². The second-order valence-corrected chi connectivity index (χ2v) is 4.75. The number of methoxy groups -OCH3 is 1. The average molecular weight is 326 g/mol. The highest BCUT2D eigenvalue weighted by atomic mass is 79.9. The molecule has 0 fully saturated rings. The summed E-state index contributed by atoms with van der Waals surface area (Å²) in [5.41, 5.74) is 0.794. The van der Waals surface area contributed by atoms with Gasteiger partial charge in [0.15, 0.2) is 11.6 Å². The smallest absolute Gasteiger partial charge is 0.198 e. The van der Waals surface area contributed by atoms with Crippen LogP contribution in [0.3, 0.4) is 0 Å². The van der Waals surface area contributed by atoms with Gasteiger partial charge in [0, 0.05) is 26.0 Å². The first-order valence-electron chi connectivity index (χ1n) is 6.05. The SMILES string of the molecule is CCCNc1nc(-c2ncc[nH]2)nc(COC)c1Br.